The highest BCUT2D eigenvalue weighted by molar-refractivity contribution is 6.46. The van der Waals surface area contributed by atoms with E-state index in [1.807, 2.05) is 0 Å². The molecule has 0 aliphatic carbocycles. The van der Waals surface area contributed by atoms with E-state index in [4.69, 9.17) is 4.74 Å². The Balaban J connectivity index is 1.84. The second-order valence-electron chi connectivity index (χ2n) is 5.54. The maximum absolute atomic E-state index is 12.7. The van der Waals surface area contributed by atoms with Gasteiger partial charge < -0.3 is 10.1 Å². The van der Waals surface area contributed by atoms with Crippen LogP contribution in [-0.2, 0) is 23.9 Å². The Bertz CT molecular complexity index is 786. The van der Waals surface area contributed by atoms with Gasteiger partial charge in [-0.1, -0.05) is 0 Å². The number of nitrogens with one attached hydrogen (secondary N) is 2. The number of fused-ring (bicyclic) bond motifs is 1. The van der Waals surface area contributed by atoms with Gasteiger partial charge in [0.2, 0.25) is 11.8 Å². The smallest absolute Gasteiger partial charge is 0.355 e. The second-order valence-corrected chi connectivity index (χ2v) is 5.54. The van der Waals surface area contributed by atoms with Crippen molar-refractivity contribution in [3.05, 3.63) is 24.3 Å². The summed E-state index contributed by atoms with van der Waals surface area (Å²) < 4.78 is 4.88. The van der Waals surface area contributed by atoms with Gasteiger partial charge in [-0.15, -0.1) is 0 Å². The van der Waals surface area contributed by atoms with Crippen LogP contribution in [0.2, 0.25) is 0 Å². The predicted octanol–water partition coefficient (Wildman–Crippen LogP) is 0.0253. The first kappa shape index (κ1) is 16.6. The number of amides is 3. The van der Waals surface area contributed by atoms with E-state index in [-0.39, 0.29) is 18.2 Å². The Hall–Kier alpha value is -3.23. The Labute approximate surface area is 143 Å². The monoisotopic (exact) mass is 344 g/mol. The molecule has 3 rings (SSSR count). The van der Waals surface area contributed by atoms with Gasteiger partial charge in [-0.05, 0) is 31.2 Å². The van der Waals surface area contributed by atoms with Gasteiger partial charge in [-0.25, -0.2) is 9.69 Å². The lowest BCUT2D eigenvalue weighted by atomic mass is 9.99. The average molecular weight is 344 g/mol. The molecule has 2 atom stereocenters. The molecule has 130 valence electrons. The molecule has 0 aromatic heterocycles. The van der Waals surface area contributed by atoms with Crippen molar-refractivity contribution in [1.29, 1.82) is 0 Å². The Morgan fingerprint density at radius 3 is 2.52 bits per heavy atom. The number of benzene rings is 1. The van der Waals surface area contributed by atoms with Gasteiger partial charge in [-0.3, -0.25) is 19.8 Å². The SMILES string of the molecule is CCOC(=O)C1=NNC2C(=O)N(c3ccc(NC(C)=O)cc3)C(=O)C12. The van der Waals surface area contributed by atoms with Gasteiger partial charge in [0.1, 0.15) is 12.0 Å². The van der Waals surface area contributed by atoms with E-state index >= 15 is 0 Å². The highest BCUT2D eigenvalue weighted by atomic mass is 16.5. The molecule has 2 N–H and O–H groups in total. The van der Waals surface area contributed by atoms with Crippen LogP contribution in [0.3, 0.4) is 0 Å². The summed E-state index contributed by atoms with van der Waals surface area (Å²) in [6, 6.07) is 5.34. The fourth-order valence-electron chi connectivity index (χ4n) is 2.81. The van der Waals surface area contributed by atoms with Crippen LogP contribution in [0.1, 0.15) is 13.8 Å². The zero-order valence-corrected chi connectivity index (χ0v) is 13.6. The lowest BCUT2D eigenvalue weighted by Gasteiger charge is -2.16. The Morgan fingerprint density at radius 1 is 1.24 bits per heavy atom. The van der Waals surface area contributed by atoms with Crippen LogP contribution >= 0.6 is 0 Å². The number of rotatable bonds is 4. The predicted molar refractivity (Wildman–Crippen MR) is 87.7 cm³/mol. The number of anilines is 2. The van der Waals surface area contributed by atoms with Gasteiger partial charge in [0.25, 0.3) is 5.91 Å². The third-order valence-electron chi connectivity index (χ3n) is 3.86. The first-order chi connectivity index (χ1) is 11.9. The molecule has 9 nitrogen and oxygen atoms in total. The second kappa shape index (κ2) is 6.34. The summed E-state index contributed by atoms with van der Waals surface area (Å²) in [7, 11) is 0. The van der Waals surface area contributed by atoms with Gasteiger partial charge in [0.15, 0.2) is 5.71 Å². The van der Waals surface area contributed by atoms with Crippen molar-refractivity contribution in [3.8, 4) is 0 Å². The standard InChI is InChI=1S/C16H16N4O5/c1-3-25-16(24)13-11-12(18-19-13)15(23)20(14(11)22)10-6-4-9(5-7-10)17-8(2)21/h4-7,11-12,18H,3H2,1-2H3,(H,17,21). The van der Waals surface area contributed by atoms with Crippen molar-refractivity contribution in [2.24, 2.45) is 11.0 Å². The van der Waals surface area contributed by atoms with Crippen molar-refractivity contribution in [2.45, 2.75) is 19.9 Å². The van der Waals surface area contributed by atoms with Crippen molar-refractivity contribution in [3.63, 3.8) is 0 Å². The number of hydrazone groups is 1. The largest absolute Gasteiger partial charge is 0.461 e. The Kier molecular flexibility index (Phi) is 4.22. The van der Waals surface area contributed by atoms with Crippen LogP contribution in [0, 0.1) is 5.92 Å². The normalized spacial score (nSPS) is 21.5. The molecule has 25 heavy (non-hydrogen) atoms. The molecule has 2 heterocycles. The number of carbonyl (C=O) groups is 4. The van der Waals surface area contributed by atoms with E-state index in [0.717, 1.165) is 4.90 Å². The van der Waals surface area contributed by atoms with E-state index in [1.165, 1.54) is 6.92 Å². The van der Waals surface area contributed by atoms with Crippen molar-refractivity contribution >= 4 is 40.8 Å². The number of nitrogens with zero attached hydrogens (tertiary/aromatic N) is 2. The van der Waals surface area contributed by atoms with E-state index in [1.54, 1.807) is 31.2 Å². The van der Waals surface area contributed by atoms with Crippen molar-refractivity contribution in [1.82, 2.24) is 5.43 Å². The van der Waals surface area contributed by atoms with Crippen molar-refractivity contribution < 1.29 is 23.9 Å². The zero-order chi connectivity index (χ0) is 18.1. The summed E-state index contributed by atoms with van der Waals surface area (Å²) in [5, 5.41) is 6.39. The number of ether oxygens (including phenoxy) is 1. The van der Waals surface area contributed by atoms with E-state index in [0.29, 0.717) is 11.4 Å². The zero-order valence-electron chi connectivity index (χ0n) is 13.6. The number of hydrogen-bond donors (Lipinski definition) is 2. The van der Waals surface area contributed by atoms with Gasteiger partial charge in [-0.2, -0.15) is 5.10 Å². The molecule has 1 fully saturated rings. The minimum Gasteiger partial charge on any atom is -0.461 e. The maximum Gasteiger partial charge on any atom is 0.355 e. The molecule has 0 spiro atoms. The van der Waals surface area contributed by atoms with Crippen LogP contribution in [-0.4, -0.2) is 42.1 Å². The van der Waals surface area contributed by atoms with Crippen LogP contribution in [0.4, 0.5) is 11.4 Å². The minimum atomic E-state index is -0.999. The third-order valence-corrected chi connectivity index (χ3v) is 3.86. The molecule has 9 heteroatoms. The summed E-state index contributed by atoms with van der Waals surface area (Å²) in [4.78, 5) is 49.2. The highest BCUT2D eigenvalue weighted by Gasteiger charge is 2.55. The van der Waals surface area contributed by atoms with Crippen molar-refractivity contribution in [2.75, 3.05) is 16.8 Å². The fourth-order valence-corrected chi connectivity index (χ4v) is 2.81. The molecule has 1 saturated heterocycles. The molecule has 2 unspecified atom stereocenters. The van der Waals surface area contributed by atoms with Gasteiger partial charge in [0, 0.05) is 12.6 Å². The van der Waals surface area contributed by atoms with Crippen LogP contribution in [0.15, 0.2) is 29.4 Å². The number of imide groups is 1. The van der Waals surface area contributed by atoms with Crippen LogP contribution in [0.5, 0.6) is 0 Å². The molecule has 3 amide bonds. The number of hydrogen-bond acceptors (Lipinski definition) is 7. The summed E-state index contributed by atoms with van der Waals surface area (Å²) in [6.07, 6.45) is 0. The van der Waals surface area contributed by atoms with Crippen LogP contribution in [0.25, 0.3) is 0 Å². The van der Waals surface area contributed by atoms with E-state index < -0.39 is 29.7 Å². The molecular formula is C16H16N4O5. The summed E-state index contributed by atoms with van der Waals surface area (Å²) in [5.74, 6) is -2.98. The van der Waals surface area contributed by atoms with E-state index in [2.05, 4.69) is 15.8 Å². The highest BCUT2D eigenvalue weighted by Crippen LogP contribution is 2.31. The van der Waals surface area contributed by atoms with Crippen LogP contribution < -0.4 is 15.6 Å². The number of carbonyl (C=O) groups excluding carboxylic acids is 4. The summed E-state index contributed by atoms with van der Waals surface area (Å²) >= 11 is 0. The first-order valence-electron chi connectivity index (χ1n) is 7.69. The molecular weight excluding hydrogens is 328 g/mol. The average Bonchev–Trinajstić information content (AvgIpc) is 3.10. The van der Waals surface area contributed by atoms with Gasteiger partial charge >= 0.3 is 5.97 Å². The third kappa shape index (κ3) is 2.84. The molecule has 0 saturated carbocycles. The van der Waals surface area contributed by atoms with E-state index in [9.17, 15) is 19.2 Å². The maximum atomic E-state index is 12.7. The Morgan fingerprint density at radius 2 is 1.92 bits per heavy atom. The molecule has 2 aliphatic rings. The summed E-state index contributed by atoms with van der Waals surface area (Å²) in [6.45, 7) is 3.17. The summed E-state index contributed by atoms with van der Waals surface area (Å²) in [5.41, 5.74) is 3.34. The first-order valence-corrected chi connectivity index (χ1v) is 7.69. The quantitative estimate of drug-likeness (QED) is 0.588. The molecule has 1 aromatic rings. The molecule has 0 bridgehead atoms. The number of esters is 1. The molecule has 2 aliphatic heterocycles. The lowest BCUT2D eigenvalue weighted by Crippen LogP contribution is -2.36. The molecule has 0 radical (unpaired) electrons. The van der Waals surface area contributed by atoms with Gasteiger partial charge in [0.05, 0.1) is 12.3 Å². The minimum absolute atomic E-state index is 0.0948. The lowest BCUT2D eigenvalue weighted by molar-refractivity contribution is -0.136. The fraction of sp³-hybridized carbons (Fsp3) is 0.312. The molecule has 1 aromatic carbocycles. The topological polar surface area (TPSA) is 117 Å².